The van der Waals surface area contributed by atoms with Crippen LogP contribution in [0.4, 0.5) is 0 Å². The van der Waals surface area contributed by atoms with Crippen LogP contribution < -0.4 is 0 Å². The van der Waals surface area contributed by atoms with Crippen LogP contribution in [0.25, 0.3) is 0 Å². The lowest BCUT2D eigenvalue weighted by atomic mass is 10.8. The lowest BCUT2D eigenvalue weighted by Gasteiger charge is -1.93. The number of halogens is 1. The van der Waals surface area contributed by atoms with Gasteiger partial charge in [-0.05, 0) is 0 Å². The smallest absolute Gasteiger partial charge is 0.316 e. The third-order valence-electron chi connectivity index (χ3n) is 0.531. The summed E-state index contributed by atoms with van der Waals surface area (Å²) in [4.78, 5) is 10.4. The van der Waals surface area contributed by atoms with Crippen LogP contribution in [0.15, 0.2) is 0 Å². The first kappa shape index (κ1) is 9.20. The third kappa shape index (κ3) is 6.08. The maximum Gasteiger partial charge on any atom is 0.316 e. The Kier molecular flexibility index (Phi) is 5.13. The van der Waals surface area contributed by atoms with Crippen LogP contribution in [0.3, 0.4) is 0 Å². The van der Waals surface area contributed by atoms with Crippen LogP contribution in [0.2, 0.25) is 0 Å². The number of ether oxygens (including phenoxy) is 1. The summed E-state index contributed by atoms with van der Waals surface area (Å²) < 4.78 is 4.56. The van der Waals surface area contributed by atoms with E-state index < -0.39 is 0 Å². The van der Waals surface area contributed by atoms with Gasteiger partial charge in [0.1, 0.15) is 3.66 Å². The van der Waals surface area contributed by atoms with Gasteiger partial charge in [0.25, 0.3) is 0 Å². The Morgan fingerprint density at radius 1 is 1.89 bits per heavy atom. The Bertz CT molecular complexity index is 126. The largest absolute Gasteiger partial charge is 0.468 e. The van der Waals surface area contributed by atoms with Crippen LogP contribution in [0.1, 0.15) is 0 Å². The first-order valence-electron chi connectivity index (χ1n) is 2.06. The minimum Gasteiger partial charge on any atom is -0.468 e. The first-order valence-corrected chi connectivity index (χ1v) is 3.83. The molecule has 0 aromatic carbocycles. The molecule has 52 valence electrons. The van der Waals surface area contributed by atoms with Crippen molar-refractivity contribution < 1.29 is 9.53 Å². The fourth-order valence-corrected chi connectivity index (χ4v) is 0.864. The molecule has 0 atom stereocenters. The molecule has 0 saturated carbocycles. The number of rotatable bonds is 2. The molecule has 0 rings (SSSR count). The molecule has 0 aromatic heterocycles. The molecule has 0 aliphatic carbocycles. The molecule has 0 unspecified atom stereocenters. The summed E-state index contributed by atoms with van der Waals surface area (Å²) >= 11 is 10.8. The van der Waals surface area contributed by atoms with Gasteiger partial charge in [-0.15, -0.1) is 0 Å². The van der Waals surface area contributed by atoms with Crippen LogP contribution >= 0.6 is 35.6 Å². The van der Waals surface area contributed by atoms with Crippen molar-refractivity contribution in [2.45, 2.75) is 0 Å². The maximum absolute atomic E-state index is 10.4. The fraction of sp³-hybridized carbons (Fsp3) is 0.500. The molecular formula is C4H5ClO2S2. The Morgan fingerprint density at radius 3 is 2.78 bits per heavy atom. The summed E-state index contributed by atoms with van der Waals surface area (Å²) in [5, 5.41) is 0. The number of hydrogen-bond donors (Lipinski definition) is 0. The van der Waals surface area contributed by atoms with Crippen molar-refractivity contribution in [2.24, 2.45) is 0 Å². The molecule has 0 fully saturated rings. The predicted octanol–water partition coefficient (Wildman–Crippen LogP) is 1.42. The van der Waals surface area contributed by atoms with E-state index >= 15 is 0 Å². The van der Waals surface area contributed by atoms with E-state index in [9.17, 15) is 4.79 Å². The third-order valence-corrected chi connectivity index (χ3v) is 1.82. The Hall–Kier alpha value is 0.200. The lowest BCUT2D eigenvalue weighted by Crippen LogP contribution is -2.03. The molecule has 2 nitrogen and oxygen atoms in total. The quantitative estimate of drug-likeness (QED) is 0.369. The van der Waals surface area contributed by atoms with Crippen molar-refractivity contribution >= 4 is 45.2 Å². The van der Waals surface area contributed by atoms with Crippen LogP contribution in [-0.4, -0.2) is 22.5 Å². The fourth-order valence-electron chi connectivity index (χ4n) is 0.175. The Labute approximate surface area is 67.9 Å². The van der Waals surface area contributed by atoms with E-state index in [0.717, 1.165) is 11.8 Å². The Morgan fingerprint density at radius 2 is 2.44 bits per heavy atom. The summed E-state index contributed by atoms with van der Waals surface area (Å²) in [5.74, 6) is -0.123. The van der Waals surface area contributed by atoms with Crippen molar-refractivity contribution in [3.8, 4) is 0 Å². The normalized spacial score (nSPS) is 8.67. The highest BCUT2D eigenvalue weighted by molar-refractivity contribution is 8.26. The number of esters is 1. The van der Waals surface area contributed by atoms with E-state index in [4.69, 9.17) is 11.6 Å². The average molecular weight is 185 g/mol. The second kappa shape index (κ2) is 5.02. The van der Waals surface area contributed by atoms with Gasteiger partial charge in [-0.3, -0.25) is 4.79 Å². The van der Waals surface area contributed by atoms with E-state index in [1.54, 1.807) is 0 Å². The second-order valence-corrected chi connectivity index (χ2v) is 3.58. The summed E-state index contributed by atoms with van der Waals surface area (Å²) in [5.41, 5.74) is 0. The second-order valence-electron chi connectivity index (χ2n) is 1.10. The molecule has 0 aromatic rings. The zero-order valence-electron chi connectivity index (χ0n) is 4.72. The molecule has 0 amide bonds. The van der Waals surface area contributed by atoms with Crippen LogP contribution in [0.5, 0.6) is 0 Å². The van der Waals surface area contributed by atoms with Gasteiger partial charge in [0.05, 0.1) is 12.9 Å². The van der Waals surface area contributed by atoms with Crippen LogP contribution in [-0.2, 0) is 9.53 Å². The highest BCUT2D eigenvalue weighted by Crippen LogP contribution is 2.07. The van der Waals surface area contributed by atoms with Gasteiger partial charge < -0.3 is 4.74 Å². The molecule has 0 heterocycles. The monoisotopic (exact) mass is 184 g/mol. The number of carbonyl (C=O) groups is 1. The minimum absolute atomic E-state index is 0.193. The van der Waals surface area contributed by atoms with Gasteiger partial charge in [-0.25, -0.2) is 0 Å². The van der Waals surface area contributed by atoms with Crippen molar-refractivity contribution in [3.63, 3.8) is 0 Å². The highest BCUT2D eigenvalue weighted by Gasteiger charge is 2.00. The summed E-state index contributed by atoms with van der Waals surface area (Å²) in [7, 11) is 1.32. The highest BCUT2D eigenvalue weighted by atomic mass is 35.5. The van der Waals surface area contributed by atoms with Gasteiger partial charge in [0.15, 0.2) is 0 Å². The average Bonchev–Trinajstić information content (AvgIpc) is 1.83. The first-order chi connectivity index (χ1) is 4.16. The number of methoxy groups -OCH3 is 1. The van der Waals surface area contributed by atoms with E-state index in [0.29, 0.717) is 0 Å². The minimum atomic E-state index is -0.317. The molecule has 0 bridgehead atoms. The van der Waals surface area contributed by atoms with E-state index in [-0.39, 0.29) is 15.4 Å². The molecular weight excluding hydrogens is 180 g/mol. The number of thiocarbonyl (C=S) groups is 1. The molecule has 0 saturated heterocycles. The van der Waals surface area contributed by atoms with Crippen molar-refractivity contribution in [3.05, 3.63) is 0 Å². The standard InChI is InChI=1S/C4H5ClO2S2/c1-7-3(6)2-9-4(5)8/h2H2,1H3. The van der Waals surface area contributed by atoms with Gasteiger partial charge in [-0.2, -0.15) is 0 Å². The SMILES string of the molecule is COC(=O)CSC(=S)Cl. The topological polar surface area (TPSA) is 26.3 Å². The molecule has 5 heteroatoms. The van der Waals surface area contributed by atoms with E-state index in [1.807, 2.05) is 0 Å². The number of thioether (sulfide) groups is 1. The lowest BCUT2D eigenvalue weighted by molar-refractivity contribution is -0.137. The van der Waals surface area contributed by atoms with Crippen molar-refractivity contribution in [1.29, 1.82) is 0 Å². The zero-order valence-corrected chi connectivity index (χ0v) is 7.11. The van der Waals surface area contributed by atoms with E-state index in [1.165, 1.54) is 7.11 Å². The van der Waals surface area contributed by atoms with Gasteiger partial charge >= 0.3 is 5.97 Å². The molecule has 0 radical (unpaired) electrons. The maximum atomic E-state index is 10.4. The zero-order chi connectivity index (χ0) is 7.28. The van der Waals surface area contributed by atoms with E-state index in [2.05, 4.69) is 17.0 Å². The number of hydrogen-bond acceptors (Lipinski definition) is 4. The molecule has 0 aliphatic rings. The molecule has 0 spiro atoms. The molecule has 9 heavy (non-hydrogen) atoms. The van der Waals surface area contributed by atoms with Crippen molar-refractivity contribution in [1.82, 2.24) is 0 Å². The van der Waals surface area contributed by atoms with Gasteiger partial charge in [-0.1, -0.05) is 35.6 Å². The Balaban J connectivity index is 3.28. The van der Waals surface area contributed by atoms with Crippen molar-refractivity contribution in [2.75, 3.05) is 12.9 Å². The molecule has 0 aliphatic heterocycles. The number of carbonyl (C=O) groups excluding carboxylic acids is 1. The molecule has 0 N–H and O–H groups in total. The summed E-state index contributed by atoms with van der Waals surface area (Å²) in [6.07, 6.45) is 0. The summed E-state index contributed by atoms with van der Waals surface area (Å²) in [6.45, 7) is 0. The predicted molar refractivity (Wildman–Crippen MR) is 42.9 cm³/mol. The van der Waals surface area contributed by atoms with Gasteiger partial charge in [0.2, 0.25) is 0 Å². The van der Waals surface area contributed by atoms with Gasteiger partial charge in [0, 0.05) is 0 Å². The summed E-state index contributed by atoms with van der Waals surface area (Å²) in [6, 6.07) is 0. The van der Waals surface area contributed by atoms with Crippen LogP contribution in [0, 0.1) is 0 Å².